The molecule has 1 heterocycles. The zero-order valence-electron chi connectivity index (χ0n) is 14.7. The Kier molecular flexibility index (Phi) is 5.56. The average Bonchev–Trinajstić information content (AvgIpc) is 2.66. The lowest BCUT2D eigenvalue weighted by Gasteiger charge is -2.37. The molecule has 3 rings (SSSR count). The van der Waals surface area contributed by atoms with E-state index in [0.29, 0.717) is 26.4 Å². The monoisotopic (exact) mass is 340 g/mol. The molecule has 0 radical (unpaired) electrons. The van der Waals surface area contributed by atoms with Gasteiger partial charge in [-0.3, -0.25) is 4.79 Å². The lowest BCUT2D eigenvalue weighted by Crippen LogP contribution is -2.42. The van der Waals surface area contributed by atoms with E-state index in [9.17, 15) is 4.79 Å². The molecular weight excluding hydrogens is 316 g/mol. The van der Waals surface area contributed by atoms with E-state index in [2.05, 4.69) is 5.32 Å². The van der Waals surface area contributed by atoms with Crippen molar-refractivity contribution >= 4 is 11.6 Å². The smallest absolute Gasteiger partial charge is 0.257 e. The van der Waals surface area contributed by atoms with Crippen LogP contribution in [0, 0.1) is 0 Å². The van der Waals surface area contributed by atoms with Gasteiger partial charge in [0.2, 0.25) is 0 Å². The summed E-state index contributed by atoms with van der Waals surface area (Å²) in [6, 6.07) is 15.5. The first-order chi connectivity index (χ1) is 12.2. The van der Waals surface area contributed by atoms with E-state index in [0.717, 1.165) is 22.6 Å². The number of hydrogen-bond acceptors (Lipinski definition) is 4. The fraction of sp³-hybridized carbons (Fsp3) is 0.350. The number of carbonyl (C=O) groups is 1. The predicted molar refractivity (Wildman–Crippen MR) is 97.9 cm³/mol. The van der Waals surface area contributed by atoms with Gasteiger partial charge in [0.15, 0.2) is 0 Å². The molecule has 1 amide bonds. The van der Waals surface area contributed by atoms with Crippen LogP contribution in [-0.2, 0) is 4.74 Å². The third kappa shape index (κ3) is 3.77. The SMILES string of the molecule is CCOCCOc1ccc(C2Nc3ccccc3C(=O)N2CC)cc1. The zero-order chi connectivity index (χ0) is 17.6. The Balaban J connectivity index is 1.75. The summed E-state index contributed by atoms with van der Waals surface area (Å²) in [7, 11) is 0. The minimum atomic E-state index is -0.176. The van der Waals surface area contributed by atoms with Crippen molar-refractivity contribution < 1.29 is 14.3 Å². The molecule has 5 nitrogen and oxygen atoms in total. The number of carbonyl (C=O) groups excluding carboxylic acids is 1. The van der Waals surface area contributed by atoms with Crippen LogP contribution in [0.25, 0.3) is 0 Å². The molecule has 132 valence electrons. The Morgan fingerprint density at radius 1 is 1.04 bits per heavy atom. The van der Waals surface area contributed by atoms with Gasteiger partial charge in [-0.1, -0.05) is 24.3 Å². The van der Waals surface area contributed by atoms with Gasteiger partial charge in [0.25, 0.3) is 5.91 Å². The van der Waals surface area contributed by atoms with E-state index < -0.39 is 0 Å². The minimum Gasteiger partial charge on any atom is -0.491 e. The Morgan fingerprint density at radius 2 is 1.80 bits per heavy atom. The standard InChI is InChI=1S/C20H24N2O3/c1-3-22-19(21-18-8-6-5-7-17(18)20(22)23)15-9-11-16(12-10-15)25-14-13-24-4-2/h5-12,19,21H,3-4,13-14H2,1-2H3. The van der Waals surface area contributed by atoms with Gasteiger partial charge in [-0.25, -0.2) is 0 Å². The van der Waals surface area contributed by atoms with E-state index >= 15 is 0 Å². The summed E-state index contributed by atoms with van der Waals surface area (Å²) in [5.74, 6) is 0.855. The van der Waals surface area contributed by atoms with E-state index in [-0.39, 0.29) is 12.1 Å². The van der Waals surface area contributed by atoms with Gasteiger partial charge in [0.05, 0.1) is 12.2 Å². The van der Waals surface area contributed by atoms with Gasteiger partial charge < -0.3 is 19.7 Å². The maximum atomic E-state index is 12.7. The minimum absolute atomic E-state index is 0.0545. The van der Waals surface area contributed by atoms with Crippen molar-refractivity contribution in [2.45, 2.75) is 20.0 Å². The number of hydrogen-bond donors (Lipinski definition) is 1. The van der Waals surface area contributed by atoms with E-state index in [4.69, 9.17) is 9.47 Å². The topological polar surface area (TPSA) is 50.8 Å². The molecule has 1 atom stereocenters. The van der Waals surface area contributed by atoms with Gasteiger partial charge in [-0.15, -0.1) is 0 Å². The molecule has 0 spiro atoms. The lowest BCUT2D eigenvalue weighted by molar-refractivity contribution is 0.0695. The number of anilines is 1. The molecule has 2 aromatic rings. The fourth-order valence-corrected chi connectivity index (χ4v) is 2.99. The first-order valence-corrected chi connectivity index (χ1v) is 8.71. The molecule has 0 fully saturated rings. The molecule has 0 saturated heterocycles. The number of nitrogens with one attached hydrogen (secondary N) is 1. The molecule has 5 heteroatoms. The third-order valence-corrected chi connectivity index (χ3v) is 4.26. The van der Waals surface area contributed by atoms with Crippen molar-refractivity contribution in [2.24, 2.45) is 0 Å². The average molecular weight is 340 g/mol. The number of fused-ring (bicyclic) bond motifs is 1. The van der Waals surface area contributed by atoms with E-state index in [1.54, 1.807) is 0 Å². The maximum absolute atomic E-state index is 12.7. The van der Waals surface area contributed by atoms with E-state index in [1.165, 1.54) is 0 Å². The van der Waals surface area contributed by atoms with Gasteiger partial charge in [-0.2, -0.15) is 0 Å². The second-order valence-corrected chi connectivity index (χ2v) is 5.80. The van der Waals surface area contributed by atoms with Crippen molar-refractivity contribution in [3.05, 3.63) is 59.7 Å². The highest BCUT2D eigenvalue weighted by atomic mass is 16.5. The Labute approximate surface area is 148 Å². The van der Waals surface area contributed by atoms with Crippen molar-refractivity contribution in [1.82, 2.24) is 4.90 Å². The first kappa shape index (κ1) is 17.3. The second-order valence-electron chi connectivity index (χ2n) is 5.80. The number of para-hydroxylation sites is 1. The van der Waals surface area contributed by atoms with Crippen LogP contribution in [0.4, 0.5) is 5.69 Å². The molecule has 0 bridgehead atoms. The lowest BCUT2D eigenvalue weighted by atomic mass is 10.0. The van der Waals surface area contributed by atoms with Gasteiger partial charge in [0, 0.05) is 18.8 Å². The molecule has 0 saturated carbocycles. The number of rotatable bonds is 7. The molecule has 1 aliphatic rings. The summed E-state index contributed by atoms with van der Waals surface area (Å²) in [6.07, 6.45) is -0.176. The van der Waals surface area contributed by atoms with Crippen LogP contribution in [0.2, 0.25) is 0 Å². The number of nitrogens with zero attached hydrogens (tertiary/aromatic N) is 1. The highest BCUT2D eigenvalue weighted by Crippen LogP contribution is 2.33. The van der Waals surface area contributed by atoms with Gasteiger partial charge in [-0.05, 0) is 43.7 Å². The van der Waals surface area contributed by atoms with Crippen LogP contribution < -0.4 is 10.1 Å². The number of benzene rings is 2. The molecule has 25 heavy (non-hydrogen) atoms. The molecule has 0 aromatic heterocycles. The molecule has 2 aromatic carbocycles. The summed E-state index contributed by atoms with van der Waals surface area (Å²) in [5, 5.41) is 3.47. The Hall–Kier alpha value is -2.53. The molecule has 1 N–H and O–H groups in total. The predicted octanol–water partition coefficient (Wildman–Crippen LogP) is 3.69. The molecule has 0 aliphatic carbocycles. The van der Waals surface area contributed by atoms with E-state index in [1.807, 2.05) is 67.3 Å². The van der Waals surface area contributed by atoms with Crippen molar-refractivity contribution in [3.63, 3.8) is 0 Å². The highest BCUT2D eigenvalue weighted by molar-refractivity contribution is 6.01. The van der Waals surface area contributed by atoms with Gasteiger partial charge >= 0.3 is 0 Å². The molecule has 1 unspecified atom stereocenters. The summed E-state index contributed by atoms with van der Waals surface area (Å²) >= 11 is 0. The summed E-state index contributed by atoms with van der Waals surface area (Å²) in [5.41, 5.74) is 2.62. The highest BCUT2D eigenvalue weighted by Gasteiger charge is 2.31. The van der Waals surface area contributed by atoms with Crippen LogP contribution in [-0.4, -0.2) is 37.2 Å². The molecule has 1 aliphatic heterocycles. The summed E-state index contributed by atoms with van der Waals surface area (Å²) in [6.45, 7) is 6.39. The Morgan fingerprint density at radius 3 is 2.52 bits per heavy atom. The largest absolute Gasteiger partial charge is 0.491 e. The van der Waals surface area contributed by atoms with Crippen molar-refractivity contribution in [3.8, 4) is 5.75 Å². The normalized spacial score (nSPS) is 16.3. The van der Waals surface area contributed by atoms with Crippen molar-refractivity contribution in [1.29, 1.82) is 0 Å². The third-order valence-electron chi connectivity index (χ3n) is 4.26. The fourth-order valence-electron chi connectivity index (χ4n) is 2.99. The van der Waals surface area contributed by atoms with Crippen LogP contribution in [0.5, 0.6) is 5.75 Å². The van der Waals surface area contributed by atoms with Crippen LogP contribution in [0.1, 0.15) is 35.9 Å². The maximum Gasteiger partial charge on any atom is 0.257 e. The van der Waals surface area contributed by atoms with Crippen molar-refractivity contribution in [2.75, 3.05) is 31.7 Å². The quantitative estimate of drug-likeness (QED) is 0.781. The van der Waals surface area contributed by atoms with Gasteiger partial charge in [0.1, 0.15) is 18.5 Å². The summed E-state index contributed by atoms with van der Waals surface area (Å²) < 4.78 is 10.9. The Bertz CT molecular complexity index is 715. The summed E-state index contributed by atoms with van der Waals surface area (Å²) in [4.78, 5) is 14.6. The number of ether oxygens (including phenoxy) is 2. The van der Waals surface area contributed by atoms with Crippen LogP contribution in [0.15, 0.2) is 48.5 Å². The van der Waals surface area contributed by atoms with Crippen LogP contribution >= 0.6 is 0 Å². The number of amides is 1. The zero-order valence-corrected chi connectivity index (χ0v) is 14.7. The second kappa shape index (κ2) is 8.03. The molecular formula is C20H24N2O3. The van der Waals surface area contributed by atoms with Crippen LogP contribution in [0.3, 0.4) is 0 Å². The first-order valence-electron chi connectivity index (χ1n) is 8.71.